The molecule has 1 fully saturated rings. The number of carbonyl (C=O) groups is 2. The van der Waals surface area contributed by atoms with Gasteiger partial charge in [0.15, 0.2) is 0 Å². The molecule has 96 valence electrons. The fourth-order valence-electron chi connectivity index (χ4n) is 2.24. The number of benzene rings is 1. The van der Waals surface area contributed by atoms with E-state index in [9.17, 15) is 9.59 Å². The summed E-state index contributed by atoms with van der Waals surface area (Å²) in [7, 11) is 0. The molecule has 0 saturated heterocycles. The molecule has 0 bridgehead atoms. The maximum absolute atomic E-state index is 12.0. The minimum absolute atomic E-state index is 0.359. The molecule has 0 atom stereocenters. The predicted octanol–water partition coefficient (Wildman–Crippen LogP) is 1.87. The quantitative estimate of drug-likeness (QED) is 0.798. The zero-order valence-corrected chi connectivity index (χ0v) is 10.4. The van der Waals surface area contributed by atoms with Crippen LogP contribution in [0, 0.1) is 12.3 Å². The second-order valence-electron chi connectivity index (χ2n) is 4.91. The van der Waals surface area contributed by atoms with Gasteiger partial charge in [0.1, 0.15) is 5.41 Å². The van der Waals surface area contributed by atoms with Crippen LogP contribution in [0.15, 0.2) is 24.3 Å². The van der Waals surface area contributed by atoms with Crippen LogP contribution < -0.4 is 5.32 Å². The lowest BCUT2D eigenvalue weighted by Gasteiger charge is -2.35. The molecule has 2 rings (SSSR count). The molecule has 18 heavy (non-hydrogen) atoms. The number of hydrogen-bond acceptors (Lipinski definition) is 2. The van der Waals surface area contributed by atoms with Gasteiger partial charge in [-0.05, 0) is 25.3 Å². The van der Waals surface area contributed by atoms with Gasteiger partial charge < -0.3 is 10.4 Å². The molecule has 0 aliphatic heterocycles. The van der Waals surface area contributed by atoms with Crippen molar-refractivity contribution in [1.29, 1.82) is 0 Å². The third-order valence-corrected chi connectivity index (χ3v) is 3.59. The molecule has 0 radical (unpaired) electrons. The van der Waals surface area contributed by atoms with E-state index in [0.29, 0.717) is 19.4 Å². The van der Waals surface area contributed by atoms with Gasteiger partial charge in [-0.1, -0.05) is 36.2 Å². The predicted molar refractivity (Wildman–Crippen MR) is 66.9 cm³/mol. The standard InChI is InChI=1S/C14H17NO3/c1-10-4-2-5-11(8-10)9-15-12(16)14(13(17)18)6-3-7-14/h2,4-5,8H,3,6-7,9H2,1H3,(H,15,16)(H,17,18). The van der Waals surface area contributed by atoms with Crippen molar-refractivity contribution in [3.8, 4) is 0 Å². The summed E-state index contributed by atoms with van der Waals surface area (Å²) in [5, 5.41) is 11.9. The molecule has 4 heteroatoms. The van der Waals surface area contributed by atoms with Gasteiger partial charge in [0, 0.05) is 6.54 Å². The number of aryl methyl sites for hydroxylation is 1. The van der Waals surface area contributed by atoms with E-state index in [1.54, 1.807) is 0 Å². The van der Waals surface area contributed by atoms with Crippen LogP contribution in [0.4, 0.5) is 0 Å². The Morgan fingerprint density at radius 2 is 2.11 bits per heavy atom. The highest BCUT2D eigenvalue weighted by Crippen LogP contribution is 2.41. The Hall–Kier alpha value is -1.84. The van der Waals surface area contributed by atoms with Crippen LogP contribution in [-0.4, -0.2) is 17.0 Å². The Labute approximate surface area is 106 Å². The summed E-state index contributed by atoms with van der Waals surface area (Å²) in [5.41, 5.74) is 0.936. The number of amides is 1. The van der Waals surface area contributed by atoms with E-state index >= 15 is 0 Å². The lowest BCUT2D eigenvalue weighted by atomic mass is 9.68. The largest absolute Gasteiger partial charge is 0.480 e. The van der Waals surface area contributed by atoms with Gasteiger partial charge in [-0.25, -0.2) is 0 Å². The van der Waals surface area contributed by atoms with Crippen LogP contribution in [0.3, 0.4) is 0 Å². The van der Waals surface area contributed by atoms with Gasteiger partial charge in [0.25, 0.3) is 0 Å². The smallest absolute Gasteiger partial charge is 0.319 e. The van der Waals surface area contributed by atoms with Crippen LogP contribution in [0.2, 0.25) is 0 Å². The van der Waals surface area contributed by atoms with Crippen molar-refractivity contribution in [2.45, 2.75) is 32.7 Å². The maximum atomic E-state index is 12.0. The molecule has 1 aliphatic carbocycles. The van der Waals surface area contributed by atoms with Crippen molar-refractivity contribution in [3.63, 3.8) is 0 Å². The van der Waals surface area contributed by atoms with Crippen molar-refractivity contribution in [2.75, 3.05) is 0 Å². The Kier molecular flexibility index (Phi) is 3.36. The maximum Gasteiger partial charge on any atom is 0.319 e. The van der Waals surface area contributed by atoms with E-state index < -0.39 is 11.4 Å². The normalized spacial score (nSPS) is 16.7. The first-order valence-electron chi connectivity index (χ1n) is 6.12. The molecule has 2 N–H and O–H groups in total. The Morgan fingerprint density at radius 3 is 2.61 bits per heavy atom. The van der Waals surface area contributed by atoms with Gasteiger partial charge in [-0.15, -0.1) is 0 Å². The molecule has 1 saturated carbocycles. The molecular weight excluding hydrogens is 230 g/mol. The Bertz CT molecular complexity index is 478. The summed E-state index contributed by atoms with van der Waals surface area (Å²) in [5.74, 6) is -1.36. The van der Waals surface area contributed by atoms with E-state index in [0.717, 1.165) is 17.5 Å². The highest BCUT2D eigenvalue weighted by atomic mass is 16.4. The number of aliphatic carboxylic acids is 1. The molecule has 1 aromatic rings. The summed E-state index contributed by atoms with van der Waals surface area (Å²) in [4.78, 5) is 23.1. The fourth-order valence-corrected chi connectivity index (χ4v) is 2.24. The summed E-state index contributed by atoms with van der Waals surface area (Å²) >= 11 is 0. The third-order valence-electron chi connectivity index (χ3n) is 3.59. The minimum atomic E-state index is -1.18. The molecule has 0 aromatic heterocycles. The molecule has 0 spiro atoms. The number of hydrogen-bond donors (Lipinski definition) is 2. The number of carboxylic acid groups (broad SMARTS) is 1. The molecule has 1 aliphatic rings. The molecule has 0 heterocycles. The van der Waals surface area contributed by atoms with Crippen molar-refractivity contribution in [3.05, 3.63) is 35.4 Å². The summed E-state index contributed by atoms with van der Waals surface area (Å²) < 4.78 is 0. The Balaban J connectivity index is 1.98. The average molecular weight is 247 g/mol. The van der Waals surface area contributed by atoms with Crippen molar-refractivity contribution >= 4 is 11.9 Å². The van der Waals surface area contributed by atoms with E-state index in [4.69, 9.17) is 5.11 Å². The van der Waals surface area contributed by atoms with Crippen LogP contribution in [0.1, 0.15) is 30.4 Å². The molecular formula is C14H17NO3. The highest BCUT2D eigenvalue weighted by Gasteiger charge is 2.50. The van der Waals surface area contributed by atoms with Gasteiger partial charge in [0.2, 0.25) is 5.91 Å². The lowest BCUT2D eigenvalue weighted by molar-refractivity contribution is -0.162. The second kappa shape index (κ2) is 4.80. The van der Waals surface area contributed by atoms with Crippen molar-refractivity contribution in [1.82, 2.24) is 5.32 Å². The first-order valence-corrected chi connectivity index (χ1v) is 6.12. The average Bonchev–Trinajstić information content (AvgIpc) is 2.24. The topological polar surface area (TPSA) is 66.4 Å². The lowest BCUT2D eigenvalue weighted by Crippen LogP contribution is -2.50. The van der Waals surface area contributed by atoms with E-state index in [-0.39, 0.29) is 5.91 Å². The summed E-state index contributed by atoms with van der Waals surface area (Å²) in [6.07, 6.45) is 1.70. The van der Waals surface area contributed by atoms with Gasteiger partial charge in [-0.3, -0.25) is 9.59 Å². The third kappa shape index (κ3) is 2.23. The van der Waals surface area contributed by atoms with Gasteiger partial charge in [-0.2, -0.15) is 0 Å². The Morgan fingerprint density at radius 1 is 1.39 bits per heavy atom. The summed E-state index contributed by atoms with van der Waals surface area (Å²) in [6, 6.07) is 7.80. The second-order valence-corrected chi connectivity index (χ2v) is 4.91. The molecule has 4 nitrogen and oxygen atoms in total. The number of rotatable bonds is 4. The van der Waals surface area contributed by atoms with Crippen LogP contribution in [-0.2, 0) is 16.1 Å². The van der Waals surface area contributed by atoms with Crippen molar-refractivity contribution in [2.24, 2.45) is 5.41 Å². The number of carbonyl (C=O) groups excluding carboxylic acids is 1. The van der Waals surface area contributed by atoms with E-state index in [2.05, 4.69) is 5.32 Å². The summed E-state index contributed by atoms with van der Waals surface area (Å²) in [6.45, 7) is 2.37. The molecule has 0 unspecified atom stereocenters. The highest BCUT2D eigenvalue weighted by molar-refractivity contribution is 6.02. The first-order chi connectivity index (χ1) is 8.54. The monoisotopic (exact) mass is 247 g/mol. The van der Waals surface area contributed by atoms with Crippen LogP contribution in [0.25, 0.3) is 0 Å². The van der Waals surface area contributed by atoms with E-state index in [1.165, 1.54) is 0 Å². The zero-order valence-electron chi connectivity index (χ0n) is 10.4. The van der Waals surface area contributed by atoms with Crippen LogP contribution in [0.5, 0.6) is 0 Å². The first kappa shape index (κ1) is 12.6. The van der Waals surface area contributed by atoms with E-state index in [1.807, 2.05) is 31.2 Å². The molecule has 1 amide bonds. The van der Waals surface area contributed by atoms with Gasteiger partial charge >= 0.3 is 5.97 Å². The zero-order chi connectivity index (χ0) is 13.2. The number of nitrogens with one attached hydrogen (secondary N) is 1. The fraction of sp³-hybridized carbons (Fsp3) is 0.429. The van der Waals surface area contributed by atoms with Gasteiger partial charge in [0.05, 0.1) is 0 Å². The SMILES string of the molecule is Cc1cccc(CNC(=O)C2(C(=O)O)CCC2)c1. The van der Waals surface area contributed by atoms with Crippen LogP contribution >= 0.6 is 0 Å². The minimum Gasteiger partial charge on any atom is -0.480 e. The molecule has 1 aromatic carbocycles. The van der Waals surface area contributed by atoms with Crippen molar-refractivity contribution < 1.29 is 14.7 Å². The number of carboxylic acids is 1.